The summed E-state index contributed by atoms with van der Waals surface area (Å²) in [4.78, 5) is 11.1. The summed E-state index contributed by atoms with van der Waals surface area (Å²) in [6, 6.07) is 4.07. The largest absolute Gasteiger partial charge is 0.493 e. The van der Waals surface area contributed by atoms with Crippen LogP contribution in [0.5, 0.6) is 5.75 Å². The van der Waals surface area contributed by atoms with Gasteiger partial charge in [0.05, 0.1) is 19.8 Å². The third-order valence-electron chi connectivity index (χ3n) is 2.78. The van der Waals surface area contributed by atoms with Gasteiger partial charge in [0.15, 0.2) is 0 Å². The van der Waals surface area contributed by atoms with Crippen molar-refractivity contribution in [2.45, 2.75) is 39.2 Å². The minimum atomic E-state index is -0.393. The van der Waals surface area contributed by atoms with E-state index in [2.05, 4.69) is 0 Å². The van der Waals surface area contributed by atoms with Gasteiger partial charge in [0.25, 0.3) is 0 Å². The summed E-state index contributed by atoms with van der Waals surface area (Å²) in [7, 11) is 0. The Labute approximate surface area is 118 Å². The Bertz CT molecular complexity index is 420. The van der Waals surface area contributed by atoms with E-state index < -0.39 is 5.82 Å². The number of rotatable bonds is 9. The lowest BCUT2D eigenvalue weighted by Crippen LogP contribution is -2.04. The van der Waals surface area contributed by atoms with Gasteiger partial charge in [-0.25, -0.2) is 4.39 Å². The highest BCUT2D eigenvalue weighted by molar-refractivity contribution is 5.69. The molecule has 0 unspecified atom stereocenters. The first kappa shape index (κ1) is 16.4. The first-order valence-electron chi connectivity index (χ1n) is 6.85. The highest BCUT2D eigenvalue weighted by Gasteiger charge is 2.05. The van der Waals surface area contributed by atoms with Crippen molar-refractivity contribution in [1.29, 1.82) is 0 Å². The third kappa shape index (κ3) is 6.02. The number of carbonyl (C=O) groups is 1. The van der Waals surface area contributed by atoms with Crippen LogP contribution in [0.15, 0.2) is 18.2 Å². The van der Waals surface area contributed by atoms with Crippen molar-refractivity contribution in [3.8, 4) is 5.75 Å². The molecule has 0 saturated heterocycles. The summed E-state index contributed by atoms with van der Waals surface area (Å²) in [5.74, 6) is -0.0651. The topological polar surface area (TPSA) is 55.8 Å². The summed E-state index contributed by atoms with van der Waals surface area (Å²) >= 11 is 0. The van der Waals surface area contributed by atoms with Crippen LogP contribution < -0.4 is 4.74 Å². The van der Waals surface area contributed by atoms with Crippen molar-refractivity contribution in [3.63, 3.8) is 0 Å². The van der Waals surface area contributed by atoms with E-state index in [4.69, 9.17) is 14.6 Å². The van der Waals surface area contributed by atoms with Crippen molar-refractivity contribution in [2.24, 2.45) is 0 Å². The summed E-state index contributed by atoms with van der Waals surface area (Å²) in [5, 5.41) is 9.10. The van der Waals surface area contributed by atoms with E-state index in [1.54, 1.807) is 6.92 Å². The van der Waals surface area contributed by atoms with E-state index >= 15 is 0 Å². The van der Waals surface area contributed by atoms with Crippen LogP contribution in [0.3, 0.4) is 0 Å². The molecule has 0 amide bonds. The smallest absolute Gasteiger partial charge is 0.305 e. The lowest BCUT2D eigenvalue weighted by Gasteiger charge is -2.10. The average Bonchev–Trinajstić information content (AvgIpc) is 2.44. The second kappa shape index (κ2) is 9.31. The fraction of sp³-hybridized carbons (Fsp3) is 0.533. The normalized spacial score (nSPS) is 10.3. The third-order valence-corrected chi connectivity index (χ3v) is 2.78. The molecule has 1 N–H and O–H groups in total. The molecule has 0 atom stereocenters. The van der Waals surface area contributed by atoms with Crippen LogP contribution in [-0.2, 0) is 16.1 Å². The molecule has 1 rings (SSSR count). The lowest BCUT2D eigenvalue weighted by atomic mass is 10.2. The van der Waals surface area contributed by atoms with Gasteiger partial charge >= 0.3 is 5.97 Å². The zero-order valence-electron chi connectivity index (χ0n) is 11.7. The molecular formula is C15H21FO4. The molecule has 112 valence electrons. The molecule has 0 saturated carbocycles. The van der Waals surface area contributed by atoms with Gasteiger partial charge in [-0.2, -0.15) is 0 Å². The molecule has 0 aliphatic heterocycles. The second-order valence-electron chi connectivity index (χ2n) is 4.37. The van der Waals surface area contributed by atoms with Crippen molar-refractivity contribution in [1.82, 2.24) is 0 Å². The molecular weight excluding hydrogens is 263 g/mol. The average molecular weight is 284 g/mol. The summed E-state index contributed by atoms with van der Waals surface area (Å²) in [5.41, 5.74) is 0.441. The number of esters is 1. The van der Waals surface area contributed by atoms with E-state index in [0.717, 1.165) is 19.3 Å². The Balaban J connectivity index is 2.20. The first-order valence-corrected chi connectivity index (χ1v) is 6.85. The fourth-order valence-corrected chi connectivity index (χ4v) is 1.78. The van der Waals surface area contributed by atoms with E-state index in [9.17, 15) is 9.18 Å². The van der Waals surface area contributed by atoms with Crippen LogP contribution in [0.4, 0.5) is 4.39 Å². The SMILES string of the molecule is CCOC(=O)CCCCCOc1ccc(F)cc1CO. The molecule has 5 heteroatoms. The van der Waals surface area contributed by atoms with E-state index in [0.29, 0.717) is 30.9 Å². The monoisotopic (exact) mass is 284 g/mol. The fourth-order valence-electron chi connectivity index (χ4n) is 1.78. The molecule has 1 aromatic rings. The maximum absolute atomic E-state index is 13.0. The van der Waals surface area contributed by atoms with Crippen LogP contribution in [-0.4, -0.2) is 24.3 Å². The molecule has 0 aliphatic carbocycles. The predicted molar refractivity (Wildman–Crippen MR) is 72.9 cm³/mol. The number of ether oxygens (including phenoxy) is 2. The number of hydrogen-bond donors (Lipinski definition) is 1. The van der Waals surface area contributed by atoms with Crippen LogP contribution in [0.1, 0.15) is 38.2 Å². The Morgan fingerprint density at radius 2 is 2.10 bits per heavy atom. The van der Waals surface area contributed by atoms with Crippen LogP contribution in [0.25, 0.3) is 0 Å². The molecule has 1 aromatic carbocycles. The number of halogens is 1. The Kier molecular flexibility index (Phi) is 7.65. The molecule has 0 aromatic heterocycles. The maximum atomic E-state index is 13.0. The van der Waals surface area contributed by atoms with E-state index in [1.807, 2.05) is 0 Å². The molecule has 4 nitrogen and oxygen atoms in total. The minimum Gasteiger partial charge on any atom is -0.493 e. The van der Waals surface area contributed by atoms with Gasteiger partial charge < -0.3 is 14.6 Å². The predicted octanol–water partition coefficient (Wildman–Crippen LogP) is 2.82. The van der Waals surface area contributed by atoms with E-state index in [1.165, 1.54) is 18.2 Å². The molecule has 0 aliphatic rings. The van der Waals surface area contributed by atoms with Crippen LogP contribution >= 0.6 is 0 Å². The van der Waals surface area contributed by atoms with E-state index in [-0.39, 0.29) is 12.6 Å². The van der Waals surface area contributed by atoms with Gasteiger partial charge in [-0.3, -0.25) is 4.79 Å². The van der Waals surface area contributed by atoms with Crippen molar-refractivity contribution < 1.29 is 23.8 Å². The molecule has 0 fully saturated rings. The highest BCUT2D eigenvalue weighted by Crippen LogP contribution is 2.20. The van der Waals surface area contributed by atoms with Crippen molar-refractivity contribution >= 4 is 5.97 Å². The number of carbonyl (C=O) groups excluding carboxylic acids is 1. The standard InChI is InChI=1S/C15H21FO4/c1-2-19-15(18)6-4-3-5-9-20-14-8-7-13(16)10-12(14)11-17/h7-8,10,17H,2-6,9,11H2,1H3. The summed E-state index contributed by atoms with van der Waals surface area (Å²) in [6.45, 7) is 2.42. The van der Waals surface area contributed by atoms with Gasteiger partial charge in [-0.05, 0) is 44.4 Å². The van der Waals surface area contributed by atoms with Gasteiger partial charge in [-0.15, -0.1) is 0 Å². The number of aliphatic hydroxyl groups is 1. The molecule has 0 radical (unpaired) electrons. The molecule has 0 heterocycles. The van der Waals surface area contributed by atoms with Gasteiger partial charge in [0.2, 0.25) is 0 Å². The van der Waals surface area contributed by atoms with Gasteiger partial charge in [0.1, 0.15) is 11.6 Å². The zero-order chi connectivity index (χ0) is 14.8. The van der Waals surface area contributed by atoms with Crippen LogP contribution in [0, 0.1) is 5.82 Å². The maximum Gasteiger partial charge on any atom is 0.305 e. The zero-order valence-corrected chi connectivity index (χ0v) is 11.7. The van der Waals surface area contributed by atoms with Crippen LogP contribution in [0.2, 0.25) is 0 Å². The quantitative estimate of drug-likeness (QED) is 0.559. The number of unbranched alkanes of at least 4 members (excludes halogenated alkanes) is 2. The first-order chi connectivity index (χ1) is 9.67. The van der Waals surface area contributed by atoms with Crippen molar-refractivity contribution in [3.05, 3.63) is 29.6 Å². The number of aliphatic hydroxyl groups excluding tert-OH is 1. The van der Waals surface area contributed by atoms with Gasteiger partial charge in [-0.1, -0.05) is 0 Å². The number of benzene rings is 1. The molecule has 20 heavy (non-hydrogen) atoms. The Morgan fingerprint density at radius 3 is 2.80 bits per heavy atom. The summed E-state index contributed by atoms with van der Waals surface area (Å²) < 4.78 is 23.3. The minimum absolute atomic E-state index is 0.172. The number of hydrogen-bond acceptors (Lipinski definition) is 4. The highest BCUT2D eigenvalue weighted by atomic mass is 19.1. The van der Waals surface area contributed by atoms with Crippen molar-refractivity contribution in [2.75, 3.05) is 13.2 Å². The lowest BCUT2D eigenvalue weighted by molar-refractivity contribution is -0.143. The Hall–Kier alpha value is -1.62. The summed E-state index contributed by atoms with van der Waals surface area (Å²) in [6.07, 6.45) is 2.83. The molecule has 0 bridgehead atoms. The van der Waals surface area contributed by atoms with Gasteiger partial charge in [0, 0.05) is 12.0 Å². The molecule has 0 spiro atoms. The Morgan fingerprint density at radius 1 is 1.30 bits per heavy atom. The second-order valence-corrected chi connectivity index (χ2v) is 4.37.